The number of aromatic nitrogens is 2. The molecule has 156 valence electrons. The van der Waals surface area contributed by atoms with E-state index in [1.165, 1.54) is 6.21 Å². The fraction of sp³-hybridized carbons (Fsp3) is 0.524. The minimum atomic E-state index is -1.41. The van der Waals surface area contributed by atoms with Crippen LogP contribution in [0.3, 0.4) is 0 Å². The van der Waals surface area contributed by atoms with E-state index in [9.17, 15) is 9.42 Å². The van der Waals surface area contributed by atoms with E-state index in [-0.39, 0.29) is 10.6 Å². The summed E-state index contributed by atoms with van der Waals surface area (Å²) in [4.78, 5) is 6.16. The normalized spacial score (nSPS) is 22.0. The summed E-state index contributed by atoms with van der Waals surface area (Å²) >= 11 is 0. The fourth-order valence-electron chi connectivity index (χ4n) is 3.91. The first-order chi connectivity index (χ1) is 13.8. The summed E-state index contributed by atoms with van der Waals surface area (Å²) in [5.74, 6) is 1.63. The molecular weight excluding hydrogens is 388 g/mol. The number of quaternary nitrogens is 1. The number of nitrogens with one attached hydrogen (secondary N) is 1. The Morgan fingerprint density at radius 1 is 1.31 bits per heavy atom. The number of fused-ring (bicyclic) bond motifs is 1. The lowest BCUT2D eigenvalue weighted by Crippen LogP contribution is -3.01. The molecule has 1 fully saturated rings. The summed E-state index contributed by atoms with van der Waals surface area (Å²) in [5, 5.41) is 13.5. The maximum atomic E-state index is 13.0. The van der Waals surface area contributed by atoms with Crippen LogP contribution in [0.2, 0.25) is 0 Å². The Morgan fingerprint density at radius 3 is 2.66 bits per heavy atom. The van der Waals surface area contributed by atoms with Gasteiger partial charge in [0.2, 0.25) is 0 Å². The lowest BCUT2D eigenvalue weighted by molar-refractivity contribution is -1.06. The number of allylic oxidation sites excluding steroid dienone is 2. The van der Waals surface area contributed by atoms with Crippen LogP contribution in [0.4, 0.5) is 0 Å². The van der Waals surface area contributed by atoms with Crippen LogP contribution in [0.5, 0.6) is 0 Å². The van der Waals surface area contributed by atoms with Gasteiger partial charge in [-0.15, -0.1) is 0 Å². The van der Waals surface area contributed by atoms with Crippen LogP contribution >= 0.6 is 0 Å². The second-order valence-corrected chi connectivity index (χ2v) is 10.3. The highest BCUT2D eigenvalue weighted by Gasteiger charge is 2.28. The maximum Gasteiger partial charge on any atom is 0.182 e. The van der Waals surface area contributed by atoms with Gasteiger partial charge >= 0.3 is 0 Å². The highest BCUT2D eigenvalue weighted by atomic mass is 32.2. The van der Waals surface area contributed by atoms with Gasteiger partial charge in [0.15, 0.2) is 5.70 Å². The van der Waals surface area contributed by atoms with E-state index >= 15 is 0 Å². The third-order valence-electron chi connectivity index (χ3n) is 5.60. The van der Waals surface area contributed by atoms with E-state index in [1.54, 1.807) is 6.92 Å². The van der Waals surface area contributed by atoms with Gasteiger partial charge in [-0.2, -0.15) is 5.21 Å². The van der Waals surface area contributed by atoms with Crippen LogP contribution in [0, 0.1) is 5.92 Å². The smallest absolute Gasteiger partial charge is 0.182 e. The highest BCUT2D eigenvalue weighted by molar-refractivity contribution is 7.90. The van der Waals surface area contributed by atoms with Crippen molar-refractivity contribution in [2.75, 3.05) is 13.2 Å². The average molecular weight is 418 g/mol. The molecule has 1 aromatic carbocycles. The molecule has 0 bridgehead atoms. The van der Waals surface area contributed by atoms with Gasteiger partial charge < -0.3 is 9.30 Å². The molecule has 7 nitrogen and oxygen atoms in total. The van der Waals surface area contributed by atoms with Crippen molar-refractivity contribution < 1.29 is 19.3 Å². The van der Waals surface area contributed by atoms with Crippen molar-refractivity contribution in [3.8, 4) is 0 Å². The topological polar surface area (TPSA) is 81.2 Å². The molecule has 2 unspecified atom stereocenters. The number of imidazole rings is 1. The lowest BCUT2D eigenvalue weighted by atomic mass is 9.94. The molecule has 2 aliphatic heterocycles. The summed E-state index contributed by atoms with van der Waals surface area (Å²) < 4.78 is 20.9. The van der Waals surface area contributed by atoms with Gasteiger partial charge in [0.1, 0.15) is 16.9 Å². The minimum Gasteiger partial charge on any atom is -0.381 e. The summed E-state index contributed by atoms with van der Waals surface area (Å²) in [6.07, 6.45) is 3.62. The highest BCUT2D eigenvalue weighted by Crippen LogP contribution is 2.30. The molecule has 0 amide bonds. The van der Waals surface area contributed by atoms with E-state index in [1.807, 2.05) is 18.2 Å². The second-order valence-electron chi connectivity index (χ2n) is 8.84. The number of hydrogen-bond acceptors (Lipinski definition) is 5. The van der Waals surface area contributed by atoms with Crippen LogP contribution in [0.15, 0.2) is 38.8 Å². The van der Waals surface area contributed by atoms with Gasteiger partial charge in [0, 0.05) is 37.0 Å². The number of hydrogen-bond donors (Lipinski definition) is 2. The van der Waals surface area contributed by atoms with E-state index in [2.05, 4.69) is 30.4 Å². The molecular formula is C21H29N4O3S+. The van der Waals surface area contributed by atoms with Crippen LogP contribution in [0.1, 0.15) is 46.4 Å². The number of hydroxylamine groups is 1. The van der Waals surface area contributed by atoms with Crippen molar-refractivity contribution >= 4 is 28.0 Å². The second kappa shape index (κ2) is 7.75. The predicted molar refractivity (Wildman–Crippen MR) is 112 cm³/mol. The van der Waals surface area contributed by atoms with Gasteiger partial charge in [-0.05, 0) is 47.2 Å². The van der Waals surface area contributed by atoms with E-state index in [4.69, 9.17) is 9.72 Å². The molecule has 3 heterocycles. The van der Waals surface area contributed by atoms with Gasteiger partial charge in [0.05, 0.1) is 21.8 Å². The Kier molecular flexibility index (Phi) is 5.46. The molecule has 0 saturated carbocycles. The van der Waals surface area contributed by atoms with Crippen molar-refractivity contribution in [2.24, 2.45) is 11.0 Å². The summed E-state index contributed by atoms with van der Waals surface area (Å²) in [6, 6.07) is 5.83. The predicted octanol–water partition coefficient (Wildman–Crippen LogP) is 2.37. The first-order valence-electron chi connectivity index (χ1n) is 10.1. The van der Waals surface area contributed by atoms with Gasteiger partial charge in [0.25, 0.3) is 0 Å². The van der Waals surface area contributed by atoms with E-state index in [0.29, 0.717) is 21.4 Å². The zero-order chi connectivity index (χ0) is 20.8. The number of nitrogens with zero attached hydrogens (tertiary/aromatic N) is 3. The lowest BCUT2D eigenvalue weighted by Gasteiger charge is -2.26. The first-order valence-corrected chi connectivity index (χ1v) is 11.2. The Hall–Kier alpha value is -1.87. The van der Waals surface area contributed by atoms with Crippen LogP contribution in [0.25, 0.3) is 11.0 Å². The van der Waals surface area contributed by atoms with Crippen molar-refractivity contribution in [3.63, 3.8) is 0 Å². The fourth-order valence-corrected chi connectivity index (χ4v) is 5.09. The number of ether oxygens (including phenoxy) is 1. The van der Waals surface area contributed by atoms with Crippen molar-refractivity contribution in [2.45, 2.75) is 57.4 Å². The molecule has 8 heteroatoms. The zero-order valence-corrected chi connectivity index (χ0v) is 18.3. The number of benzene rings is 1. The summed E-state index contributed by atoms with van der Waals surface area (Å²) in [6.45, 7) is 10.8. The van der Waals surface area contributed by atoms with Crippen LogP contribution < -0.4 is 5.17 Å². The molecule has 2 N–H and O–H groups in total. The summed E-state index contributed by atoms with van der Waals surface area (Å²) in [7, 11) is -1.41. The van der Waals surface area contributed by atoms with Gasteiger partial charge in [-0.25, -0.2) is 9.19 Å². The largest absolute Gasteiger partial charge is 0.381 e. The molecule has 0 radical (unpaired) electrons. The van der Waals surface area contributed by atoms with Crippen molar-refractivity contribution in [1.29, 1.82) is 0 Å². The van der Waals surface area contributed by atoms with Gasteiger partial charge in [-0.3, -0.25) is 0 Å². The molecule has 29 heavy (non-hydrogen) atoms. The molecule has 2 aliphatic rings. The standard InChI is InChI=1S/C21H28N4O3S/c1-14-19(12-22-25(14)26)29(27)16-5-6-18-17(11-16)23-20(21(2,3)4)24(18)13-15-7-9-28-10-8-15/h5-6,11-12,15,26H,7-10,13H2,1-4H3/p+1. The number of rotatable bonds is 4. The molecule has 2 atom stereocenters. The monoisotopic (exact) mass is 417 g/mol. The van der Waals surface area contributed by atoms with E-state index in [0.717, 1.165) is 49.5 Å². The first kappa shape index (κ1) is 20.4. The Morgan fingerprint density at radius 2 is 2.03 bits per heavy atom. The Labute approximate surface area is 173 Å². The third kappa shape index (κ3) is 3.94. The van der Waals surface area contributed by atoms with Gasteiger partial charge in [-0.1, -0.05) is 20.8 Å². The maximum absolute atomic E-state index is 13.0. The van der Waals surface area contributed by atoms with Crippen molar-refractivity contribution in [3.05, 3.63) is 34.6 Å². The molecule has 0 spiro atoms. The summed E-state index contributed by atoms with van der Waals surface area (Å²) in [5.41, 5.74) is 2.39. The quantitative estimate of drug-likeness (QED) is 0.800. The van der Waals surface area contributed by atoms with Crippen LogP contribution in [-0.4, -0.2) is 38.4 Å². The SMILES string of the molecule is CC1=C(S(=O)c2ccc3c(c2)nc(C(C)(C)C)n3CC2CCOCC2)C=N[NH+]1O. The Bertz CT molecular complexity index is 1010. The average Bonchev–Trinajstić information content (AvgIpc) is 3.22. The molecule has 2 aromatic rings. The molecule has 4 rings (SSSR count). The third-order valence-corrected chi connectivity index (χ3v) is 7.09. The Balaban J connectivity index is 1.74. The minimum absolute atomic E-state index is 0.0646. The molecule has 1 aromatic heterocycles. The zero-order valence-electron chi connectivity index (χ0n) is 17.4. The van der Waals surface area contributed by atoms with Crippen molar-refractivity contribution in [1.82, 2.24) is 9.55 Å². The molecule has 1 saturated heterocycles. The molecule has 0 aliphatic carbocycles. The van der Waals surface area contributed by atoms with Crippen LogP contribution in [-0.2, 0) is 27.5 Å². The van der Waals surface area contributed by atoms with E-state index < -0.39 is 10.8 Å².